The molecule has 0 saturated heterocycles. The average molecular weight is 622 g/mol. The van der Waals surface area contributed by atoms with Crippen molar-refractivity contribution in [1.29, 1.82) is 0 Å². The number of sulfone groups is 1. The van der Waals surface area contributed by atoms with E-state index in [1.807, 2.05) is 31.2 Å². The van der Waals surface area contributed by atoms with Crippen LogP contribution in [0.2, 0.25) is 0 Å². The summed E-state index contributed by atoms with van der Waals surface area (Å²) in [5.74, 6) is -14.6. The minimum absolute atomic E-state index is 0. The molecular weight excluding hydrogens is 593 g/mol. The molecule has 0 aromatic heterocycles. The van der Waals surface area contributed by atoms with Gasteiger partial charge >= 0.3 is 24.1 Å². The summed E-state index contributed by atoms with van der Waals surface area (Å²) < 4.78 is 156. The fraction of sp³-hybridized carbons (Fsp3) is 0.455. The maximum atomic E-state index is 13.1. The number of primary sulfonamides is 1. The Morgan fingerprint density at radius 1 is 0.692 bits per heavy atom. The van der Waals surface area contributed by atoms with Crippen molar-refractivity contribution >= 4 is 19.9 Å². The molecule has 2 rings (SSSR count). The van der Waals surface area contributed by atoms with Crippen LogP contribution in [-0.2, 0) is 25.6 Å². The Bertz CT molecular complexity index is 1240. The van der Waals surface area contributed by atoms with Crippen molar-refractivity contribution in [2.45, 2.75) is 51.2 Å². The highest BCUT2D eigenvalue weighted by molar-refractivity contribution is 7.89. The Morgan fingerprint density at radius 2 is 1.03 bits per heavy atom. The van der Waals surface area contributed by atoms with Crippen LogP contribution in [0.25, 0.3) is 0 Å². The summed E-state index contributed by atoms with van der Waals surface area (Å²) in [6.07, 6.45) is -10.8. The number of hydrogen-bond donors (Lipinski definition) is 1. The van der Waals surface area contributed by atoms with Gasteiger partial charge in [-0.1, -0.05) is 55.0 Å². The van der Waals surface area contributed by atoms with Gasteiger partial charge in [-0.2, -0.15) is 39.5 Å². The lowest BCUT2D eigenvalue weighted by Gasteiger charge is -2.32. The highest BCUT2D eigenvalue weighted by Crippen LogP contribution is 2.53. The van der Waals surface area contributed by atoms with Gasteiger partial charge in [0, 0.05) is 6.26 Å². The molecule has 0 radical (unpaired) electrons. The highest BCUT2D eigenvalue weighted by atomic mass is 32.2. The molecule has 0 aliphatic heterocycles. The minimum atomic E-state index is -6.96. The van der Waals surface area contributed by atoms with Crippen molar-refractivity contribution in [1.82, 2.24) is 0 Å². The van der Waals surface area contributed by atoms with Crippen LogP contribution in [0.5, 0.6) is 5.75 Å². The monoisotopic (exact) mass is 621 g/mol. The van der Waals surface area contributed by atoms with E-state index in [4.69, 9.17) is 0 Å². The van der Waals surface area contributed by atoms with E-state index < -0.39 is 49.7 Å². The molecule has 0 aliphatic rings. The Balaban J connectivity index is 0. The number of sulfonamides is 1. The number of rotatable bonds is 6. The molecule has 0 atom stereocenters. The normalized spacial score (nSPS) is 12.7. The van der Waals surface area contributed by atoms with E-state index in [0.717, 1.165) is 41.6 Å². The van der Waals surface area contributed by atoms with E-state index in [9.17, 15) is 56.3 Å². The summed E-state index contributed by atoms with van der Waals surface area (Å²) in [6.45, 7) is 3.47. The topological polar surface area (TPSA) is 104 Å². The van der Waals surface area contributed by atoms with Crippen molar-refractivity contribution in [3.8, 4) is 5.75 Å². The van der Waals surface area contributed by atoms with Crippen molar-refractivity contribution in [3.63, 3.8) is 0 Å². The molecule has 6 nitrogen and oxygen atoms in total. The van der Waals surface area contributed by atoms with Gasteiger partial charge in [-0.3, -0.25) is 0 Å². The first kappa shape index (κ1) is 38.6. The van der Waals surface area contributed by atoms with Gasteiger partial charge in [-0.15, -0.1) is 0 Å². The molecule has 0 aliphatic carbocycles. The second-order valence-corrected chi connectivity index (χ2v) is 11.8. The van der Waals surface area contributed by atoms with Crippen molar-refractivity contribution in [2.75, 3.05) is 12.5 Å². The van der Waals surface area contributed by atoms with Crippen molar-refractivity contribution in [3.05, 3.63) is 65.2 Å². The Kier molecular flexibility index (Phi) is 13.6. The third-order valence-corrected chi connectivity index (χ3v) is 4.79. The molecule has 17 heteroatoms. The highest BCUT2D eigenvalue weighted by Gasteiger charge is 2.83. The van der Waals surface area contributed by atoms with Crippen LogP contribution in [-0.4, -0.2) is 53.5 Å². The third kappa shape index (κ3) is 13.4. The van der Waals surface area contributed by atoms with Gasteiger partial charge in [0.1, 0.15) is 5.75 Å². The summed E-state index contributed by atoms with van der Waals surface area (Å²) in [7, 11) is -6.06. The summed E-state index contributed by atoms with van der Waals surface area (Å²) in [5.41, 5.74) is 2.49. The van der Waals surface area contributed by atoms with Gasteiger partial charge in [0.15, 0.2) is 9.84 Å². The van der Waals surface area contributed by atoms with E-state index in [0.29, 0.717) is 5.56 Å². The van der Waals surface area contributed by atoms with Gasteiger partial charge in [0.2, 0.25) is 10.0 Å². The molecule has 226 valence electrons. The smallest absolute Gasteiger partial charge is 0.428 e. The molecule has 0 fully saturated rings. The lowest BCUT2D eigenvalue weighted by atomic mass is 10.1. The minimum Gasteiger partial charge on any atom is -0.428 e. The van der Waals surface area contributed by atoms with Gasteiger partial charge in [-0.05, 0) is 31.5 Å². The van der Waals surface area contributed by atoms with Crippen LogP contribution in [0.4, 0.5) is 39.5 Å². The average Bonchev–Trinajstić information content (AvgIpc) is 2.68. The van der Waals surface area contributed by atoms with Crippen molar-refractivity contribution < 1.29 is 61.1 Å². The van der Waals surface area contributed by atoms with Crippen LogP contribution in [0.3, 0.4) is 0 Å². The second-order valence-electron chi connectivity index (χ2n) is 7.96. The lowest BCUT2D eigenvalue weighted by Crippen LogP contribution is -2.62. The van der Waals surface area contributed by atoms with Crippen LogP contribution in [0.15, 0.2) is 48.5 Å². The first-order chi connectivity index (χ1) is 16.7. The zero-order valence-corrected chi connectivity index (χ0v) is 21.8. The molecule has 2 aromatic rings. The number of hydrogen-bond acceptors (Lipinski definition) is 5. The predicted molar refractivity (Wildman–Crippen MR) is 128 cm³/mol. The van der Waals surface area contributed by atoms with E-state index >= 15 is 0 Å². The molecular formula is C22H28F9NO5S2. The Morgan fingerprint density at radius 3 is 1.33 bits per heavy atom. The van der Waals surface area contributed by atoms with E-state index in [1.54, 1.807) is 0 Å². The van der Waals surface area contributed by atoms with Gasteiger partial charge in [0.05, 0.1) is 12.0 Å². The SMILES string of the molecule is C.CS(N)(=O)=O.Cc1ccc(CS(C)(=O)=O)cc1.Cc1ccc(OC(F)(F)C(F)(F)C(F)(F)C(F)(F)F)cc1. The summed E-state index contributed by atoms with van der Waals surface area (Å²) in [4.78, 5) is 0. The zero-order valence-electron chi connectivity index (χ0n) is 20.2. The first-order valence-electron chi connectivity index (χ1n) is 9.86. The number of alkyl halides is 9. The molecule has 0 bridgehead atoms. The van der Waals surface area contributed by atoms with Gasteiger partial charge in [0.25, 0.3) is 0 Å². The summed E-state index contributed by atoms with van der Waals surface area (Å²) in [6, 6.07) is 11.2. The fourth-order valence-corrected chi connectivity index (χ4v) is 2.96. The molecule has 0 saturated carbocycles. The van der Waals surface area contributed by atoms with Crippen LogP contribution in [0, 0.1) is 13.8 Å². The van der Waals surface area contributed by atoms with Crippen LogP contribution in [0.1, 0.15) is 24.1 Å². The Hall–Kier alpha value is -2.53. The van der Waals surface area contributed by atoms with Crippen LogP contribution < -0.4 is 9.88 Å². The lowest BCUT2D eigenvalue weighted by molar-refractivity contribution is -0.428. The third-order valence-electron chi connectivity index (χ3n) is 3.93. The molecule has 39 heavy (non-hydrogen) atoms. The maximum absolute atomic E-state index is 13.1. The van der Waals surface area contributed by atoms with E-state index in [-0.39, 0.29) is 13.2 Å². The molecule has 0 amide bonds. The largest absolute Gasteiger partial charge is 0.471 e. The quantitative estimate of drug-likeness (QED) is 0.406. The second kappa shape index (κ2) is 13.7. The van der Waals surface area contributed by atoms with Gasteiger partial charge < -0.3 is 4.74 Å². The fourth-order valence-electron chi connectivity index (χ4n) is 2.17. The van der Waals surface area contributed by atoms with Crippen molar-refractivity contribution in [2.24, 2.45) is 5.14 Å². The van der Waals surface area contributed by atoms with E-state index in [1.165, 1.54) is 13.2 Å². The van der Waals surface area contributed by atoms with Crippen LogP contribution >= 0.6 is 0 Å². The molecule has 0 spiro atoms. The predicted octanol–water partition coefficient (Wildman–Crippen LogP) is 5.88. The number of halogens is 9. The number of ether oxygens (including phenoxy) is 1. The molecule has 0 unspecified atom stereocenters. The molecule has 2 N–H and O–H groups in total. The molecule has 2 aromatic carbocycles. The maximum Gasteiger partial charge on any atom is 0.471 e. The Labute approximate surface area is 220 Å². The summed E-state index contributed by atoms with van der Waals surface area (Å²) in [5, 5.41) is 4.33. The number of aryl methyl sites for hydroxylation is 2. The van der Waals surface area contributed by atoms with E-state index in [2.05, 4.69) is 9.88 Å². The summed E-state index contributed by atoms with van der Waals surface area (Å²) >= 11 is 0. The molecule has 0 heterocycles. The standard InChI is InChI=1S/C11H7F9O.C9H12O2S.CH5NO2S.CH4/c1-6-2-4-7(5-3-6)21-11(19,20)9(14,15)8(12,13)10(16,17)18;1-8-3-5-9(6-4-8)7-12(2,10)11;1-5(2,3)4;/h2-5H,1H3;3-6H,7H2,1-2H3;1H3,(H2,2,3,4);1H4. The number of benzene rings is 2. The first-order valence-corrected chi connectivity index (χ1v) is 13.9. The van der Waals surface area contributed by atoms with Gasteiger partial charge in [-0.25, -0.2) is 22.0 Å². The zero-order chi connectivity index (χ0) is 30.4. The number of nitrogens with two attached hydrogens (primary N) is 1.